The van der Waals surface area contributed by atoms with Crippen LogP contribution in [0, 0.1) is 0 Å². The third kappa shape index (κ3) is 3.44. The molecule has 0 unspecified atom stereocenters. The van der Waals surface area contributed by atoms with Gasteiger partial charge in [-0.3, -0.25) is 0 Å². The molecule has 10 heteroatoms. The van der Waals surface area contributed by atoms with Gasteiger partial charge in [-0.15, -0.1) is 23.5 Å². The van der Waals surface area contributed by atoms with Crippen LogP contribution in [-0.4, -0.2) is 11.5 Å². The highest BCUT2D eigenvalue weighted by Gasteiger charge is 2.35. The third-order valence-electron chi connectivity index (χ3n) is 2.31. The van der Waals surface area contributed by atoms with Crippen molar-refractivity contribution in [2.45, 2.75) is 0 Å². The van der Waals surface area contributed by atoms with Gasteiger partial charge in [-0.05, 0) is 45.2 Å². The molecule has 0 spiro atoms. The van der Waals surface area contributed by atoms with E-state index in [-0.39, 0.29) is 0 Å². The quantitative estimate of drug-likeness (QED) is 0.241. The van der Waals surface area contributed by atoms with E-state index in [9.17, 15) is 0 Å². The molecule has 0 atom stereocenters. The highest BCUT2D eigenvalue weighted by molar-refractivity contribution is 14.1. The predicted octanol–water partition coefficient (Wildman–Crippen LogP) is 8.28. The normalized spacial score (nSPS) is 26.7. The van der Waals surface area contributed by atoms with Gasteiger partial charge >= 0.3 is 0 Å². The molecule has 0 aromatic carbocycles. The zero-order valence-corrected chi connectivity index (χ0v) is 20.3. The molecule has 20 heavy (non-hydrogen) atoms. The Labute approximate surface area is 179 Å². The molecule has 0 aliphatic carbocycles. The van der Waals surface area contributed by atoms with Gasteiger partial charge in [0.05, 0.1) is 31.2 Å². The molecule has 4 aliphatic rings. The largest absolute Gasteiger partial charge is 0.117 e. The first kappa shape index (κ1) is 16.7. The van der Waals surface area contributed by atoms with Crippen LogP contribution in [0.4, 0.5) is 0 Å². The number of rotatable bonds is 0. The Kier molecular flexibility index (Phi) is 6.02. The fraction of sp³-hybridized carbons (Fsp3) is 0.200. The third-order valence-corrected chi connectivity index (χ3v) is 18.0. The van der Waals surface area contributed by atoms with Crippen molar-refractivity contribution in [3.63, 3.8) is 0 Å². The van der Waals surface area contributed by atoms with Gasteiger partial charge in [-0.1, -0.05) is 70.6 Å². The topological polar surface area (TPSA) is 0 Å². The SMILES string of the molecule is IC1=C(I)SC(=C2SC3=C(SC(=C4SCCS4)S3)S2)S1. The Balaban J connectivity index is 1.49. The molecule has 4 heterocycles. The number of thioether (sulfide) groups is 8. The molecule has 1 saturated heterocycles. The number of hydrogen-bond donors (Lipinski definition) is 0. The van der Waals surface area contributed by atoms with E-state index in [2.05, 4.69) is 45.2 Å². The van der Waals surface area contributed by atoms with Gasteiger partial charge < -0.3 is 0 Å². The second kappa shape index (κ2) is 7.22. The van der Waals surface area contributed by atoms with Gasteiger partial charge in [-0.2, -0.15) is 0 Å². The molecule has 0 bridgehead atoms. The van der Waals surface area contributed by atoms with Crippen molar-refractivity contribution >= 4 is 139 Å². The summed E-state index contributed by atoms with van der Waals surface area (Å²) in [5.74, 6) is 2.56. The van der Waals surface area contributed by atoms with Crippen LogP contribution in [0.3, 0.4) is 0 Å². The molecule has 0 N–H and O–H groups in total. The highest BCUT2D eigenvalue weighted by atomic mass is 127. The number of halogens is 2. The summed E-state index contributed by atoms with van der Waals surface area (Å²) in [5, 5.41) is 0. The Hall–Kier alpha value is 3.22. The lowest BCUT2D eigenvalue weighted by Crippen LogP contribution is -1.71. The van der Waals surface area contributed by atoms with E-state index in [1.807, 2.05) is 94.1 Å². The van der Waals surface area contributed by atoms with Crippen molar-refractivity contribution in [2.24, 2.45) is 0 Å². The van der Waals surface area contributed by atoms with E-state index in [4.69, 9.17) is 0 Å². The number of hydrogen-bond acceptors (Lipinski definition) is 8. The first-order valence-corrected chi connectivity index (χ1v) is 14.3. The Morgan fingerprint density at radius 3 is 1.30 bits per heavy atom. The summed E-state index contributed by atoms with van der Waals surface area (Å²) in [7, 11) is 0. The summed E-state index contributed by atoms with van der Waals surface area (Å²) in [6.45, 7) is 0. The van der Waals surface area contributed by atoms with Crippen molar-refractivity contribution in [1.29, 1.82) is 0 Å². The lowest BCUT2D eigenvalue weighted by molar-refractivity contribution is 1.59. The summed E-state index contributed by atoms with van der Waals surface area (Å²) in [4.78, 5) is 0. The second-order valence-electron chi connectivity index (χ2n) is 3.58. The first-order valence-electron chi connectivity index (χ1n) is 5.31. The fourth-order valence-corrected chi connectivity index (χ4v) is 15.9. The van der Waals surface area contributed by atoms with Gasteiger partial charge in [0, 0.05) is 11.5 Å². The lowest BCUT2D eigenvalue weighted by Gasteiger charge is -2.06. The maximum atomic E-state index is 2.45. The summed E-state index contributed by atoms with van der Waals surface area (Å²) >= 11 is 20.8. The van der Waals surface area contributed by atoms with Gasteiger partial charge in [-0.25, -0.2) is 0 Å². The van der Waals surface area contributed by atoms with Crippen molar-refractivity contribution in [2.75, 3.05) is 11.5 Å². The van der Waals surface area contributed by atoms with E-state index in [0.29, 0.717) is 0 Å². The average Bonchev–Trinajstić information content (AvgIpc) is 3.12. The maximum absolute atomic E-state index is 2.45. The summed E-state index contributed by atoms with van der Waals surface area (Å²) < 4.78 is 11.9. The van der Waals surface area contributed by atoms with Gasteiger partial charge in [0.1, 0.15) is 0 Å². The lowest BCUT2D eigenvalue weighted by atomic mass is 11.0. The van der Waals surface area contributed by atoms with E-state index in [1.165, 1.54) is 38.5 Å². The Morgan fingerprint density at radius 2 is 0.850 bits per heavy atom. The zero-order chi connectivity index (χ0) is 13.7. The van der Waals surface area contributed by atoms with E-state index in [1.54, 1.807) is 4.24 Å². The van der Waals surface area contributed by atoms with Crippen LogP contribution >= 0.6 is 139 Å². The minimum Gasteiger partial charge on any atom is -0.117 e. The molecule has 0 saturated carbocycles. The zero-order valence-electron chi connectivity index (χ0n) is 9.44. The van der Waals surface area contributed by atoms with Crippen LogP contribution in [0.2, 0.25) is 0 Å². The smallest absolute Gasteiger partial charge is 0.0718 e. The van der Waals surface area contributed by atoms with E-state index >= 15 is 0 Å². The van der Waals surface area contributed by atoms with Gasteiger partial charge in [0.25, 0.3) is 0 Å². The summed E-state index contributed by atoms with van der Waals surface area (Å²) in [6, 6.07) is 0. The molecule has 0 aromatic heterocycles. The summed E-state index contributed by atoms with van der Waals surface area (Å²) in [5.41, 5.74) is 0. The van der Waals surface area contributed by atoms with Crippen LogP contribution in [-0.2, 0) is 0 Å². The standard InChI is InChI=1S/C10H4I2S8/c11-3-4(12)16-7(15-3)8-19-9-10(20-8)18-6(17-9)5-13-1-2-14-5/h1-2H2. The fourth-order valence-electron chi connectivity index (χ4n) is 1.53. The van der Waals surface area contributed by atoms with Crippen molar-refractivity contribution in [3.05, 3.63) is 31.2 Å². The Bertz CT molecular complexity index is 571. The van der Waals surface area contributed by atoms with Gasteiger partial charge in [0.2, 0.25) is 0 Å². The predicted molar refractivity (Wildman–Crippen MR) is 127 cm³/mol. The molecule has 1 fully saturated rings. The molecule has 106 valence electrons. The molecule has 4 rings (SSSR count). The monoisotopic (exact) mass is 634 g/mol. The second-order valence-corrected chi connectivity index (χ2v) is 17.1. The van der Waals surface area contributed by atoms with Crippen LogP contribution in [0.15, 0.2) is 31.2 Å². The molecule has 0 aromatic rings. The van der Waals surface area contributed by atoms with E-state index in [0.717, 1.165) is 0 Å². The van der Waals surface area contributed by atoms with Crippen molar-refractivity contribution < 1.29 is 0 Å². The minimum absolute atomic E-state index is 1.28. The molecule has 0 nitrogen and oxygen atoms in total. The highest BCUT2D eigenvalue weighted by Crippen LogP contribution is 2.71. The molecular formula is C10H4I2S8. The van der Waals surface area contributed by atoms with Crippen LogP contribution < -0.4 is 0 Å². The summed E-state index contributed by atoms with van der Waals surface area (Å²) in [6.07, 6.45) is 0. The minimum atomic E-state index is 1.28. The van der Waals surface area contributed by atoms with Crippen molar-refractivity contribution in [1.82, 2.24) is 0 Å². The first-order chi connectivity index (χ1) is 9.70. The molecule has 0 amide bonds. The molecular weight excluding hydrogens is 630 g/mol. The van der Waals surface area contributed by atoms with E-state index < -0.39 is 0 Å². The molecule has 4 aliphatic heterocycles. The maximum Gasteiger partial charge on any atom is 0.0718 e. The molecule has 0 radical (unpaired) electrons. The van der Waals surface area contributed by atoms with Crippen LogP contribution in [0.5, 0.6) is 0 Å². The van der Waals surface area contributed by atoms with Crippen LogP contribution in [0.25, 0.3) is 0 Å². The van der Waals surface area contributed by atoms with Gasteiger partial charge in [0.15, 0.2) is 0 Å². The average molecular weight is 634 g/mol. The Morgan fingerprint density at radius 1 is 0.500 bits per heavy atom. The van der Waals surface area contributed by atoms with Crippen molar-refractivity contribution in [3.8, 4) is 0 Å². The van der Waals surface area contributed by atoms with Crippen LogP contribution in [0.1, 0.15) is 0 Å².